The number of carbonyl (C=O) groups is 2. The summed E-state index contributed by atoms with van der Waals surface area (Å²) in [5.74, 6) is -1.40. The lowest BCUT2D eigenvalue weighted by Crippen LogP contribution is -2.32. The fourth-order valence-corrected chi connectivity index (χ4v) is 3.56. The summed E-state index contributed by atoms with van der Waals surface area (Å²) in [7, 11) is 0. The van der Waals surface area contributed by atoms with Gasteiger partial charge < -0.3 is 10.1 Å². The van der Waals surface area contributed by atoms with Crippen LogP contribution in [0.5, 0.6) is 5.75 Å². The first-order chi connectivity index (χ1) is 16.1. The first-order valence-electron chi connectivity index (χ1n) is 10.3. The molecule has 4 rings (SSSR count). The van der Waals surface area contributed by atoms with Crippen LogP contribution in [0.4, 0.5) is 18.9 Å². The second-order valence-electron chi connectivity index (χ2n) is 7.80. The quantitative estimate of drug-likeness (QED) is 0.518. The van der Waals surface area contributed by atoms with Gasteiger partial charge in [-0.05, 0) is 72.5 Å². The second-order valence-corrected chi connectivity index (χ2v) is 7.80. The molecule has 0 fully saturated rings. The minimum Gasteiger partial charge on any atom is -0.406 e. The van der Waals surface area contributed by atoms with Crippen LogP contribution in [0.1, 0.15) is 22.3 Å². The van der Waals surface area contributed by atoms with Crippen molar-refractivity contribution in [3.05, 3.63) is 94.9 Å². The lowest BCUT2D eigenvalue weighted by Gasteiger charge is -2.15. The van der Waals surface area contributed by atoms with Gasteiger partial charge in [0.15, 0.2) is 0 Å². The first-order valence-corrected chi connectivity index (χ1v) is 10.3. The molecule has 0 unspecified atom stereocenters. The van der Waals surface area contributed by atoms with Gasteiger partial charge in [-0.2, -0.15) is 0 Å². The minimum absolute atomic E-state index is 0.0480. The molecule has 2 aromatic carbocycles. The number of nitrogens with one attached hydrogen (secondary N) is 1. The van der Waals surface area contributed by atoms with Gasteiger partial charge in [-0.15, -0.1) is 13.2 Å². The topological polar surface area (TPSA) is 71.5 Å². The summed E-state index contributed by atoms with van der Waals surface area (Å²) >= 11 is 0. The van der Waals surface area contributed by atoms with Crippen molar-refractivity contribution in [1.82, 2.24) is 9.88 Å². The van der Waals surface area contributed by atoms with Gasteiger partial charge in [-0.1, -0.05) is 18.2 Å². The number of aromatic nitrogens is 1. The molecule has 1 N–H and O–H groups in total. The molecule has 0 saturated heterocycles. The summed E-state index contributed by atoms with van der Waals surface area (Å²) in [6.07, 6.45) is -1.67. The monoisotopic (exact) mass is 467 g/mol. The third-order valence-corrected chi connectivity index (χ3v) is 5.41. The summed E-state index contributed by atoms with van der Waals surface area (Å²) in [6.45, 7) is 3.90. The van der Waals surface area contributed by atoms with Gasteiger partial charge in [-0.3, -0.25) is 19.5 Å². The first kappa shape index (κ1) is 23.0. The molecule has 1 aliphatic rings. The Labute approximate surface area is 193 Å². The number of alkyl halides is 3. The zero-order valence-corrected chi connectivity index (χ0v) is 18.3. The van der Waals surface area contributed by atoms with Gasteiger partial charge in [0, 0.05) is 18.1 Å². The zero-order valence-electron chi connectivity index (χ0n) is 18.3. The lowest BCUT2D eigenvalue weighted by molar-refractivity contribution is -0.274. The number of amides is 2. The van der Waals surface area contributed by atoms with E-state index in [0.717, 1.165) is 33.7 Å². The standard InChI is InChI=1S/C25H20F3N3O3/c1-15-3-4-18(13-16(15)2)21-22(30-19-5-7-20(8-6-19)34-25(26,27)28)24(33)31(23(21)32)14-17-9-11-29-12-10-17/h3-13,30H,14H2,1-2H3. The zero-order chi connectivity index (χ0) is 24.5. The summed E-state index contributed by atoms with van der Waals surface area (Å²) in [5.41, 5.74) is 3.85. The summed E-state index contributed by atoms with van der Waals surface area (Å²) < 4.78 is 41.2. The highest BCUT2D eigenvalue weighted by atomic mass is 19.4. The number of aryl methyl sites for hydroxylation is 2. The van der Waals surface area contributed by atoms with E-state index < -0.39 is 23.9 Å². The van der Waals surface area contributed by atoms with Gasteiger partial charge in [0.1, 0.15) is 11.4 Å². The number of carbonyl (C=O) groups excluding carboxylic acids is 2. The highest BCUT2D eigenvalue weighted by molar-refractivity contribution is 6.36. The lowest BCUT2D eigenvalue weighted by atomic mass is 9.99. The largest absolute Gasteiger partial charge is 0.573 e. The smallest absolute Gasteiger partial charge is 0.406 e. The summed E-state index contributed by atoms with van der Waals surface area (Å²) in [6, 6.07) is 13.8. The van der Waals surface area contributed by atoms with Gasteiger partial charge in [0.05, 0.1) is 12.1 Å². The number of rotatable bonds is 6. The summed E-state index contributed by atoms with van der Waals surface area (Å²) in [5, 5.41) is 2.93. The number of halogens is 3. The normalized spacial score (nSPS) is 14.1. The number of pyridine rings is 1. The van der Waals surface area contributed by atoms with Crippen molar-refractivity contribution < 1.29 is 27.5 Å². The van der Waals surface area contributed by atoms with Crippen LogP contribution in [0.3, 0.4) is 0 Å². The van der Waals surface area contributed by atoms with E-state index in [1.807, 2.05) is 26.0 Å². The Morgan fingerprint density at radius 2 is 1.59 bits per heavy atom. The SMILES string of the molecule is Cc1ccc(C2=C(Nc3ccc(OC(F)(F)F)cc3)C(=O)N(Cc3ccncc3)C2=O)cc1C. The molecule has 34 heavy (non-hydrogen) atoms. The molecule has 0 radical (unpaired) electrons. The average molecular weight is 467 g/mol. The molecule has 6 nitrogen and oxygen atoms in total. The Kier molecular flexibility index (Phi) is 6.10. The highest BCUT2D eigenvalue weighted by Crippen LogP contribution is 2.33. The van der Waals surface area contributed by atoms with Crippen molar-refractivity contribution >= 4 is 23.1 Å². The highest BCUT2D eigenvalue weighted by Gasteiger charge is 2.39. The average Bonchev–Trinajstić information content (AvgIpc) is 3.01. The van der Waals surface area contributed by atoms with Crippen LogP contribution in [0, 0.1) is 13.8 Å². The van der Waals surface area contributed by atoms with Crippen molar-refractivity contribution in [3.63, 3.8) is 0 Å². The Hall–Kier alpha value is -4.14. The molecule has 0 saturated carbocycles. The van der Waals surface area contributed by atoms with Crippen molar-refractivity contribution in [2.24, 2.45) is 0 Å². The van der Waals surface area contributed by atoms with Crippen molar-refractivity contribution in [1.29, 1.82) is 0 Å². The van der Waals surface area contributed by atoms with Crippen LogP contribution < -0.4 is 10.1 Å². The van der Waals surface area contributed by atoms with Crippen LogP contribution in [-0.2, 0) is 16.1 Å². The minimum atomic E-state index is -4.81. The van der Waals surface area contributed by atoms with E-state index in [4.69, 9.17) is 0 Å². The Bertz CT molecular complexity index is 1270. The molecule has 1 aromatic heterocycles. The van der Waals surface area contributed by atoms with E-state index in [1.165, 1.54) is 12.1 Å². The van der Waals surface area contributed by atoms with Crippen LogP contribution in [0.25, 0.3) is 5.57 Å². The molecule has 2 heterocycles. The number of ether oxygens (including phenoxy) is 1. The van der Waals surface area contributed by atoms with Crippen LogP contribution in [0.15, 0.2) is 72.7 Å². The molecule has 174 valence electrons. The maximum absolute atomic E-state index is 13.4. The number of nitrogens with zero attached hydrogens (tertiary/aromatic N) is 2. The number of imide groups is 1. The fraction of sp³-hybridized carbons (Fsp3) is 0.160. The third-order valence-electron chi connectivity index (χ3n) is 5.41. The third kappa shape index (κ3) is 4.93. The number of benzene rings is 2. The fourth-order valence-electron chi connectivity index (χ4n) is 3.56. The van der Waals surface area contributed by atoms with E-state index in [9.17, 15) is 22.8 Å². The number of hydrogen-bond acceptors (Lipinski definition) is 5. The van der Waals surface area contributed by atoms with Gasteiger partial charge in [0.2, 0.25) is 0 Å². The molecule has 3 aromatic rings. The second kappa shape index (κ2) is 9.01. The Balaban J connectivity index is 1.70. The maximum Gasteiger partial charge on any atom is 0.573 e. The van der Waals surface area contributed by atoms with Crippen molar-refractivity contribution in [3.8, 4) is 5.75 Å². The Morgan fingerprint density at radius 1 is 0.912 bits per heavy atom. The maximum atomic E-state index is 13.4. The van der Waals surface area contributed by atoms with Crippen LogP contribution in [0.2, 0.25) is 0 Å². The van der Waals surface area contributed by atoms with Gasteiger partial charge in [0.25, 0.3) is 11.8 Å². The van der Waals surface area contributed by atoms with E-state index >= 15 is 0 Å². The van der Waals surface area contributed by atoms with Crippen LogP contribution in [-0.4, -0.2) is 28.1 Å². The Morgan fingerprint density at radius 3 is 2.21 bits per heavy atom. The van der Waals surface area contributed by atoms with E-state index in [2.05, 4.69) is 15.0 Å². The predicted molar refractivity (Wildman–Crippen MR) is 119 cm³/mol. The van der Waals surface area contributed by atoms with Gasteiger partial charge >= 0.3 is 6.36 Å². The number of anilines is 1. The van der Waals surface area contributed by atoms with Crippen molar-refractivity contribution in [2.75, 3.05) is 5.32 Å². The molecule has 2 amide bonds. The molecule has 0 atom stereocenters. The van der Waals surface area contributed by atoms with Gasteiger partial charge in [-0.25, -0.2) is 0 Å². The van der Waals surface area contributed by atoms with E-state index in [0.29, 0.717) is 11.3 Å². The predicted octanol–water partition coefficient (Wildman–Crippen LogP) is 4.99. The van der Waals surface area contributed by atoms with Crippen molar-refractivity contribution in [2.45, 2.75) is 26.8 Å². The molecular weight excluding hydrogens is 447 g/mol. The van der Waals surface area contributed by atoms with Crippen LogP contribution >= 0.6 is 0 Å². The molecule has 0 bridgehead atoms. The number of hydrogen-bond donors (Lipinski definition) is 1. The molecular formula is C25H20F3N3O3. The van der Waals surface area contributed by atoms with E-state index in [1.54, 1.807) is 30.6 Å². The molecule has 0 spiro atoms. The molecule has 1 aliphatic heterocycles. The molecule has 0 aliphatic carbocycles. The van der Waals surface area contributed by atoms with E-state index in [-0.39, 0.29) is 17.8 Å². The summed E-state index contributed by atoms with van der Waals surface area (Å²) in [4.78, 5) is 31.8. The molecule has 9 heteroatoms.